The lowest BCUT2D eigenvalue weighted by atomic mass is 10.2. The quantitative estimate of drug-likeness (QED) is 0.802. The third-order valence-corrected chi connectivity index (χ3v) is 2.82. The van der Waals surface area contributed by atoms with Gasteiger partial charge in [0.05, 0.1) is 5.69 Å². The number of carbonyl (C=O) groups excluding carboxylic acids is 1. The van der Waals surface area contributed by atoms with Crippen molar-refractivity contribution in [2.24, 2.45) is 0 Å². The van der Waals surface area contributed by atoms with E-state index in [-0.39, 0.29) is 18.1 Å². The van der Waals surface area contributed by atoms with Gasteiger partial charge in [0.2, 0.25) is 0 Å². The maximum absolute atomic E-state index is 12.0. The molecule has 0 saturated heterocycles. The summed E-state index contributed by atoms with van der Waals surface area (Å²) in [5.41, 5.74) is 6.85. The van der Waals surface area contributed by atoms with Gasteiger partial charge in [-0.1, -0.05) is 13.8 Å². The highest BCUT2D eigenvalue weighted by molar-refractivity contribution is 5.89. The summed E-state index contributed by atoms with van der Waals surface area (Å²) in [6, 6.07) is 1.86. The zero-order chi connectivity index (χ0) is 13.0. The molecule has 0 aliphatic rings. The molecule has 1 aromatic rings. The van der Waals surface area contributed by atoms with Crippen LogP contribution in [0.1, 0.15) is 57.1 Å². The summed E-state index contributed by atoms with van der Waals surface area (Å²) in [7, 11) is 0. The van der Waals surface area contributed by atoms with E-state index < -0.39 is 0 Å². The Morgan fingerprint density at radius 2 is 2.00 bits per heavy atom. The van der Waals surface area contributed by atoms with Crippen LogP contribution >= 0.6 is 0 Å². The van der Waals surface area contributed by atoms with Gasteiger partial charge in [0.1, 0.15) is 11.8 Å². The molecule has 0 amide bonds. The summed E-state index contributed by atoms with van der Waals surface area (Å²) in [5.74, 6) is -0.288. The minimum atomic E-state index is -0.288. The summed E-state index contributed by atoms with van der Waals surface area (Å²) < 4.78 is 7.27. The fourth-order valence-electron chi connectivity index (χ4n) is 1.76. The van der Waals surface area contributed by atoms with Crippen molar-refractivity contribution in [3.63, 3.8) is 0 Å². The highest BCUT2D eigenvalue weighted by Crippen LogP contribution is 2.18. The van der Waals surface area contributed by atoms with Crippen LogP contribution < -0.4 is 5.73 Å². The van der Waals surface area contributed by atoms with Gasteiger partial charge in [0, 0.05) is 12.2 Å². The Kier molecular flexibility index (Phi) is 4.61. The molecule has 17 heavy (non-hydrogen) atoms. The Labute approximate surface area is 103 Å². The molecule has 0 fully saturated rings. The molecule has 0 unspecified atom stereocenters. The van der Waals surface area contributed by atoms with Gasteiger partial charge >= 0.3 is 5.97 Å². The number of esters is 1. The molecule has 0 spiro atoms. The van der Waals surface area contributed by atoms with Crippen molar-refractivity contribution in [2.45, 2.75) is 52.7 Å². The molecule has 0 aliphatic heterocycles. The van der Waals surface area contributed by atoms with Gasteiger partial charge in [0.25, 0.3) is 0 Å². The van der Waals surface area contributed by atoms with Gasteiger partial charge in [-0.25, -0.2) is 4.79 Å². The van der Waals surface area contributed by atoms with Crippen molar-refractivity contribution in [1.82, 2.24) is 4.57 Å². The van der Waals surface area contributed by atoms with Crippen molar-refractivity contribution in [3.8, 4) is 0 Å². The molecule has 0 saturated carbocycles. The smallest absolute Gasteiger partial charge is 0.355 e. The van der Waals surface area contributed by atoms with E-state index in [2.05, 4.69) is 0 Å². The highest BCUT2D eigenvalue weighted by Gasteiger charge is 2.18. The number of nitrogens with zero attached hydrogens (tertiary/aromatic N) is 1. The lowest BCUT2D eigenvalue weighted by molar-refractivity contribution is 0.0270. The number of carbonyl (C=O) groups is 1. The lowest BCUT2D eigenvalue weighted by Gasteiger charge is -2.16. The Balaban J connectivity index is 2.88. The number of hydrogen-bond acceptors (Lipinski definition) is 3. The first kappa shape index (κ1) is 13.6. The SMILES string of the molecule is CCC(CC)OC(=O)c1cc(N)cn1C(C)C. The number of nitrogens with two attached hydrogens (primary N) is 1. The maximum atomic E-state index is 12.0. The van der Waals surface area contributed by atoms with Crippen LogP contribution in [0.5, 0.6) is 0 Å². The first-order chi connectivity index (χ1) is 7.99. The van der Waals surface area contributed by atoms with Crippen LogP contribution in [0.2, 0.25) is 0 Å². The van der Waals surface area contributed by atoms with Crippen LogP contribution in [0.25, 0.3) is 0 Å². The van der Waals surface area contributed by atoms with Crippen LogP contribution in [0.3, 0.4) is 0 Å². The van der Waals surface area contributed by atoms with E-state index in [1.54, 1.807) is 12.3 Å². The second kappa shape index (κ2) is 5.75. The highest BCUT2D eigenvalue weighted by atomic mass is 16.5. The van der Waals surface area contributed by atoms with Crippen LogP contribution in [0.15, 0.2) is 12.3 Å². The molecule has 4 nitrogen and oxygen atoms in total. The summed E-state index contributed by atoms with van der Waals surface area (Å²) in [5, 5.41) is 0. The standard InChI is InChI=1S/C13H22N2O2/c1-5-11(6-2)17-13(16)12-7-10(14)8-15(12)9(3)4/h7-9,11H,5-6,14H2,1-4H3. The fourth-order valence-corrected chi connectivity index (χ4v) is 1.76. The first-order valence-electron chi connectivity index (χ1n) is 6.17. The first-order valence-corrected chi connectivity index (χ1v) is 6.17. The molecule has 0 aliphatic carbocycles. The molecular weight excluding hydrogens is 216 g/mol. The Morgan fingerprint density at radius 3 is 2.47 bits per heavy atom. The zero-order valence-electron chi connectivity index (χ0n) is 11.1. The van der Waals surface area contributed by atoms with Crippen molar-refractivity contribution in [1.29, 1.82) is 0 Å². The van der Waals surface area contributed by atoms with Crippen molar-refractivity contribution < 1.29 is 9.53 Å². The third kappa shape index (κ3) is 3.25. The Hall–Kier alpha value is -1.45. The number of rotatable bonds is 5. The molecule has 1 heterocycles. The summed E-state index contributed by atoms with van der Waals surface area (Å²) in [6.45, 7) is 8.04. The Morgan fingerprint density at radius 1 is 1.41 bits per heavy atom. The van der Waals surface area contributed by atoms with Gasteiger partial charge in [0.15, 0.2) is 0 Å². The van der Waals surface area contributed by atoms with E-state index >= 15 is 0 Å². The van der Waals surface area contributed by atoms with Gasteiger partial charge in [-0.3, -0.25) is 0 Å². The molecule has 1 rings (SSSR count). The molecule has 96 valence electrons. The molecule has 0 radical (unpaired) electrons. The van der Waals surface area contributed by atoms with Gasteiger partial charge in [-0.05, 0) is 32.8 Å². The third-order valence-electron chi connectivity index (χ3n) is 2.82. The predicted octanol–water partition coefficient (Wildman–Crippen LogP) is 3.00. The Bertz CT molecular complexity index is 379. The van der Waals surface area contributed by atoms with Gasteiger partial charge in [-0.2, -0.15) is 0 Å². The van der Waals surface area contributed by atoms with E-state index in [9.17, 15) is 4.79 Å². The van der Waals surface area contributed by atoms with E-state index in [1.165, 1.54) is 0 Å². The molecule has 0 atom stereocenters. The summed E-state index contributed by atoms with van der Waals surface area (Å²) >= 11 is 0. The topological polar surface area (TPSA) is 57.2 Å². The molecule has 2 N–H and O–H groups in total. The summed E-state index contributed by atoms with van der Waals surface area (Å²) in [4.78, 5) is 12.0. The molecule has 0 aromatic carbocycles. The number of aromatic nitrogens is 1. The largest absolute Gasteiger partial charge is 0.458 e. The van der Waals surface area contributed by atoms with Crippen molar-refractivity contribution in [2.75, 3.05) is 5.73 Å². The molecule has 4 heteroatoms. The average molecular weight is 238 g/mol. The van der Waals surface area contributed by atoms with Gasteiger partial charge < -0.3 is 15.0 Å². The van der Waals surface area contributed by atoms with E-state index in [1.807, 2.05) is 32.3 Å². The minimum absolute atomic E-state index is 0.0146. The van der Waals surface area contributed by atoms with Crippen LogP contribution in [0, 0.1) is 0 Å². The molecular formula is C13H22N2O2. The monoisotopic (exact) mass is 238 g/mol. The van der Waals surface area contributed by atoms with Crippen molar-refractivity contribution in [3.05, 3.63) is 18.0 Å². The van der Waals surface area contributed by atoms with Crippen LogP contribution in [-0.2, 0) is 4.74 Å². The van der Waals surface area contributed by atoms with E-state index in [4.69, 9.17) is 10.5 Å². The predicted molar refractivity (Wildman–Crippen MR) is 69.0 cm³/mol. The average Bonchev–Trinajstić information content (AvgIpc) is 2.68. The van der Waals surface area contributed by atoms with E-state index in [0.717, 1.165) is 12.8 Å². The van der Waals surface area contributed by atoms with E-state index in [0.29, 0.717) is 11.4 Å². The lowest BCUT2D eigenvalue weighted by Crippen LogP contribution is -2.19. The van der Waals surface area contributed by atoms with Gasteiger partial charge in [-0.15, -0.1) is 0 Å². The zero-order valence-corrected chi connectivity index (χ0v) is 11.1. The van der Waals surface area contributed by atoms with Crippen LogP contribution in [-0.4, -0.2) is 16.6 Å². The fraction of sp³-hybridized carbons (Fsp3) is 0.615. The summed E-state index contributed by atoms with van der Waals surface area (Å²) in [6.07, 6.45) is 3.42. The maximum Gasteiger partial charge on any atom is 0.355 e. The molecule has 1 aromatic heterocycles. The number of anilines is 1. The molecule has 0 bridgehead atoms. The number of ether oxygens (including phenoxy) is 1. The minimum Gasteiger partial charge on any atom is -0.458 e. The van der Waals surface area contributed by atoms with Crippen LogP contribution in [0.4, 0.5) is 5.69 Å². The normalized spacial score (nSPS) is 11.2. The second-order valence-electron chi connectivity index (χ2n) is 4.50. The number of nitrogen functional groups attached to an aromatic ring is 1. The number of hydrogen-bond donors (Lipinski definition) is 1. The second-order valence-corrected chi connectivity index (χ2v) is 4.50. The van der Waals surface area contributed by atoms with Crippen molar-refractivity contribution >= 4 is 11.7 Å².